The smallest absolute Gasteiger partial charge is 0.308 e. The second-order valence-corrected chi connectivity index (χ2v) is 5.24. The van der Waals surface area contributed by atoms with E-state index in [-0.39, 0.29) is 11.9 Å². The summed E-state index contributed by atoms with van der Waals surface area (Å²) in [5.41, 5.74) is 0. The Morgan fingerprint density at radius 2 is 2.23 bits per heavy atom. The zero-order valence-corrected chi connectivity index (χ0v) is 13.3. The van der Waals surface area contributed by atoms with Gasteiger partial charge in [-0.15, -0.1) is 0 Å². The molecule has 8 heteroatoms. The van der Waals surface area contributed by atoms with Crippen LogP contribution in [-0.2, 0) is 16.0 Å². The zero-order chi connectivity index (χ0) is 15.9. The summed E-state index contributed by atoms with van der Waals surface area (Å²) >= 11 is 0. The van der Waals surface area contributed by atoms with Gasteiger partial charge in [0.25, 0.3) is 0 Å². The lowest BCUT2D eigenvalue weighted by atomic mass is 9.97. The maximum atomic E-state index is 11.5. The number of hydrogen-bond acceptors (Lipinski definition) is 6. The highest BCUT2D eigenvalue weighted by Crippen LogP contribution is 2.18. The Hall–Kier alpha value is -2.12. The van der Waals surface area contributed by atoms with E-state index in [0.29, 0.717) is 24.7 Å². The summed E-state index contributed by atoms with van der Waals surface area (Å²) in [6, 6.07) is 0. The van der Waals surface area contributed by atoms with Crippen molar-refractivity contribution in [3.8, 4) is 0 Å². The number of piperidine rings is 1. The predicted molar refractivity (Wildman–Crippen MR) is 80.4 cm³/mol. The van der Waals surface area contributed by atoms with Crippen molar-refractivity contribution in [2.24, 2.45) is 10.9 Å². The molecule has 0 atom stereocenters. The van der Waals surface area contributed by atoms with Gasteiger partial charge in [-0.3, -0.25) is 9.79 Å². The minimum absolute atomic E-state index is 0.000671. The highest BCUT2D eigenvalue weighted by molar-refractivity contribution is 5.80. The van der Waals surface area contributed by atoms with Gasteiger partial charge in [0.05, 0.1) is 13.0 Å². The standard InChI is InChI=1S/C14H23N5O3/c1-10-17-12(22-18-10)4-7-16-14(15-2)19-8-5-11(6-9-19)13(20)21-3/h11H,4-9H2,1-3H3,(H,15,16). The van der Waals surface area contributed by atoms with Crippen molar-refractivity contribution < 1.29 is 14.1 Å². The summed E-state index contributed by atoms with van der Waals surface area (Å²) in [6.07, 6.45) is 2.23. The molecule has 1 aliphatic heterocycles. The number of methoxy groups -OCH3 is 1. The van der Waals surface area contributed by atoms with E-state index >= 15 is 0 Å². The fraction of sp³-hybridized carbons (Fsp3) is 0.714. The number of ether oxygens (including phenoxy) is 1. The van der Waals surface area contributed by atoms with Crippen molar-refractivity contribution in [3.63, 3.8) is 0 Å². The molecular formula is C14H23N5O3. The maximum Gasteiger partial charge on any atom is 0.308 e. The first-order valence-corrected chi connectivity index (χ1v) is 7.46. The van der Waals surface area contributed by atoms with Crippen LogP contribution in [0.25, 0.3) is 0 Å². The summed E-state index contributed by atoms with van der Waals surface area (Å²) < 4.78 is 9.87. The van der Waals surface area contributed by atoms with Crippen molar-refractivity contribution in [1.29, 1.82) is 0 Å². The lowest BCUT2D eigenvalue weighted by molar-refractivity contribution is -0.146. The molecule has 1 fully saturated rings. The second-order valence-electron chi connectivity index (χ2n) is 5.24. The molecule has 2 heterocycles. The molecule has 0 bridgehead atoms. The van der Waals surface area contributed by atoms with Gasteiger partial charge < -0.3 is 19.5 Å². The first kappa shape index (κ1) is 16.3. The van der Waals surface area contributed by atoms with Crippen LogP contribution in [0.3, 0.4) is 0 Å². The van der Waals surface area contributed by atoms with E-state index in [9.17, 15) is 4.79 Å². The third kappa shape index (κ3) is 4.19. The molecule has 122 valence electrons. The Labute approximate surface area is 129 Å². The minimum atomic E-state index is -0.116. The number of likely N-dealkylation sites (tertiary alicyclic amines) is 1. The van der Waals surface area contributed by atoms with E-state index < -0.39 is 0 Å². The molecule has 0 aromatic carbocycles. The van der Waals surface area contributed by atoms with Crippen LogP contribution in [0.1, 0.15) is 24.6 Å². The van der Waals surface area contributed by atoms with E-state index in [1.54, 1.807) is 14.0 Å². The molecule has 1 N–H and O–H groups in total. The predicted octanol–water partition coefficient (Wildman–Crippen LogP) is 0.381. The molecule has 1 saturated heterocycles. The van der Waals surface area contributed by atoms with Crippen LogP contribution in [0.2, 0.25) is 0 Å². The van der Waals surface area contributed by atoms with Crippen LogP contribution in [-0.4, -0.2) is 60.8 Å². The molecule has 0 saturated carbocycles. The van der Waals surface area contributed by atoms with E-state index in [1.165, 1.54) is 7.11 Å². The van der Waals surface area contributed by atoms with Crippen LogP contribution in [0.15, 0.2) is 9.52 Å². The van der Waals surface area contributed by atoms with Gasteiger partial charge in [0.1, 0.15) is 0 Å². The van der Waals surface area contributed by atoms with Gasteiger partial charge >= 0.3 is 5.97 Å². The highest BCUT2D eigenvalue weighted by Gasteiger charge is 2.26. The van der Waals surface area contributed by atoms with Gasteiger partial charge in [-0.25, -0.2) is 0 Å². The summed E-state index contributed by atoms with van der Waals surface area (Å²) in [7, 11) is 3.19. The van der Waals surface area contributed by atoms with Crippen molar-refractivity contribution >= 4 is 11.9 Å². The summed E-state index contributed by atoms with van der Waals surface area (Å²) in [5.74, 6) is 1.98. The average molecular weight is 309 g/mol. The van der Waals surface area contributed by atoms with Crippen molar-refractivity contribution in [3.05, 3.63) is 11.7 Å². The largest absolute Gasteiger partial charge is 0.469 e. The van der Waals surface area contributed by atoms with Crippen LogP contribution in [0.4, 0.5) is 0 Å². The number of esters is 1. The normalized spacial score (nSPS) is 16.7. The van der Waals surface area contributed by atoms with Gasteiger partial charge in [-0.05, 0) is 19.8 Å². The molecule has 0 unspecified atom stereocenters. The molecule has 0 radical (unpaired) electrons. The number of carbonyl (C=O) groups excluding carboxylic acids is 1. The number of guanidine groups is 1. The Kier molecular flexibility index (Phi) is 5.74. The number of aliphatic imine (C=N–C) groups is 1. The third-order valence-corrected chi connectivity index (χ3v) is 3.73. The van der Waals surface area contributed by atoms with E-state index in [2.05, 4.69) is 25.3 Å². The second kappa shape index (κ2) is 7.77. The Morgan fingerprint density at radius 3 is 2.77 bits per heavy atom. The molecule has 1 aromatic heterocycles. The zero-order valence-electron chi connectivity index (χ0n) is 13.3. The molecule has 0 aliphatic carbocycles. The van der Waals surface area contributed by atoms with Crippen LogP contribution >= 0.6 is 0 Å². The van der Waals surface area contributed by atoms with Gasteiger partial charge in [0.2, 0.25) is 5.89 Å². The lowest BCUT2D eigenvalue weighted by Gasteiger charge is -2.33. The molecule has 0 spiro atoms. The number of aryl methyl sites for hydroxylation is 1. The maximum absolute atomic E-state index is 11.5. The minimum Gasteiger partial charge on any atom is -0.469 e. The SMILES string of the molecule is CN=C(NCCc1nc(C)no1)N1CCC(C(=O)OC)CC1. The topological polar surface area (TPSA) is 92.9 Å². The number of rotatable bonds is 4. The van der Waals surface area contributed by atoms with E-state index in [0.717, 1.165) is 31.9 Å². The van der Waals surface area contributed by atoms with Gasteiger partial charge in [0, 0.05) is 33.1 Å². The van der Waals surface area contributed by atoms with Crippen molar-refractivity contribution in [2.75, 3.05) is 33.8 Å². The number of hydrogen-bond donors (Lipinski definition) is 1. The van der Waals surface area contributed by atoms with Crippen LogP contribution in [0, 0.1) is 12.8 Å². The third-order valence-electron chi connectivity index (χ3n) is 3.73. The lowest BCUT2D eigenvalue weighted by Crippen LogP contribution is -2.47. The summed E-state index contributed by atoms with van der Waals surface area (Å²) in [4.78, 5) is 22.1. The van der Waals surface area contributed by atoms with Gasteiger partial charge in [0.15, 0.2) is 11.8 Å². The molecule has 22 heavy (non-hydrogen) atoms. The van der Waals surface area contributed by atoms with Crippen LogP contribution < -0.4 is 5.32 Å². The molecule has 1 aromatic rings. The van der Waals surface area contributed by atoms with Gasteiger partial charge in [-0.2, -0.15) is 4.98 Å². The van der Waals surface area contributed by atoms with E-state index in [4.69, 9.17) is 9.26 Å². The first-order chi connectivity index (χ1) is 10.6. The van der Waals surface area contributed by atoms with E-state index in [1.807, 2.05) is 0 Å². The fourth-order valence-electron chi connectivity index (χ4n) is 2.55. The highest BCUT2D eigenvalue weighted by atomic mass is 16.5. The molecule has 2 rings (SSSR count). The monoisotopic (exact) mass is 309 g/mol. The van der Waals surface area contributed by atoms with Crippen molar-refractivity contribution in [2.45, 2.75) is 26.2 Å². The Bertz CT molecular complexity index is 520. The Morgan fingerprint density at radius 1 is 1.50 bits per heavy atom. The number of nitrogens with zero attached hydrogens (tertiary/aromatic N) is 4. The number of aromatic nitrogens is 2. The summed E-state index contributed by atoms with van der Waals surface area (Å²) in [6.45, 7) is 4.05. The summed E-state index contributed by atoms with van der Waals surface area (Å²) in [5, 5.41) is 7.05. The fourth-order valence-corrected chi connectivity index (χ4v) is 2.55. The van der Waals surface area contributed by atoms with Gasteiger partial charge in [-0.1, -0.05) is 5.16 Å². The first-order valence-electron chi connectivity index (χ1n) is 7.46. The van der Waals surface area contributed by atoms with Crippen molar-refractivity contribution in [1.82, 2.24) is 20.4 Å². The molecule has 8 nitrogen and oxygen atoms in total. The number of nitrogens with one attached hydrogen (secondary N) is 1. The quantitative estimate of drug-likeness (QED) is 0.488. The van der Waals surface area contributed by atoms with Crippen LogP contribution in [0.5, 0.6) is 0 Å². The number of carbonyl (C=O) groups is 1. The Balaban J connectivity index is 1.77. The molecular weight excluding hydrogens is 286 g/mol. The molecule has 1 aliphatic rings. The average Bonchev–Trinajstić information content (AvgIpc) is 2.96. The molecule has 0 amide bonds.